The third-order valence-corrected chi connectivity index (χ3v) is 4.49. The third-order valence-electron chi connectivity index (χ3n) is 3.77. The molecule has 19 heavy (non-hydrogen) atoms. The minimum Gasteiger partial charge on any atom is -0.381 e. The van der Waals surface area contributed by atoms with Crippen molar-refractivity contribution in [3.05, 3.63) is 33.8 Å². The van der Waals surface area contributed by atoms with Gasteiger partial charge in [-0.3, -0.25) is 0 Å². The van der Waals surface area contributed by atoms with Crippen LogP contribution in [0.2, 0.25) is 0 Å². The van der Waals surface area contributed by atoms with Crippen LogP contribution >= 0.6 is 15.9 Å². The molecule has 106 valence electrons. The van der Waals surface area contributed by atoms with Crippen LogP contribution in [0.15, 0.2) is 22.7 Å². The van der Waals surface area contributed by atoms with Crippen molar-refractivity contribution in [2.75, 3.05) is 19.8 Å². The molecule has 0 aromatic heterocycles. The first-order chi connectivity index (χ1) is 9.22. The van der Waals surface area contributed by atoms with E-state index in [2.05, 4.69) is 53.3 Å². The number of rotatable bonds is 5. The minimum atomic E-state index is 0.398. The molecule has 1 N–H and O–H groups in total. The van der Waals surface area contributed by atoms with E-state index in [4.69, 9.17) is 4.74 Å². The zero-order valence-corrected chi connectivity index (χ0v) is 13.5. The summed E-state index contributed by atoms with van der Waals surface area (Å²) in [5.41, 5.74) is 2.70. The van der Waals surface area contributed by atoms with Crippen LogP contribution in [0.25, 0.3) is 0 Å². The number of hydrogen-bond acceptors (Lipinski definition) is 2. The summed E-state index contributed by atoms with van der Waals surface area (Å²) in [6, 6.07) is 7.01. The summed E-state index contributed by atoms with van der Waals surface area (Å²) in [5.74, 6) is 0.582. The zero-order chi connectivity index (χ0) is 13.7. The molecule has 0 spiro atoms. The predicted octanol–water partition coefficient (Wildman–Crippen LogP) is 4.22. The van der Waals surface area contributed by atoms with Crippen molar-refractivity contribution in [2.45, 2.75) is 39.2 Å². The molecule has 1 fully saturated rings. The van der Waals surface area contributed by atoms with Gasteiger partial charge in [-0.15, -0.1) is 0 Å². The van der Waals surface area contributed by atoms with Crippen molar-refractivity contribution < 1.29 is 4.74 Å². The summed E-state index contributed by atoms with van der Waals surface area (Å²) in [6.07, 6.45) is 3.59. The maximum absolute atomic E-state index is 5.68. The van der Waals surface area contributed by atoms with Crippen molar-refractivity contribution in [2.24, 2.45) is 5.92 Å². The highest BCUT2D eigenvalue weighted by Gasteiger charge is 2.26. The Balaban J connectivity index is 2.22. The van der Waals surface area contributed by atoms with Gasteiger partial charge in [0.15, 0.2) is 0 Å². The Morgan fingerprint density at radius 1 is 1.47 bits per heavy atom. The molecule has 1 heterocycles. The Labute approximate surface area is 125 Å². The molecule has 0 radical (unpaired) electrons. The van der Waals surface area contributed by atoms with Gasteiger partial charge in [-0.1, -0.05) is 40.5 Å². The molecule has 0 aliphatic carbocycles. The van der Waals surface area contributed by atoms with E-state index in [-0.39, 0.29) is 0 Å². The second-order valence-electron chi connectivity index (χ2n) is 5.43. The summed E-state index contributed by atoms with van der Waals surface area (Å²) < 4.78 is 6.89. The van der Waals surface area contributed by atoms with Gasteiger partial charge in [0.05, 0.1) is 6.61 Å². The number of benzene rings is 1. The largest absolute Gasteiger partial charge is 0.381 e. The summed E-state index contributed by atoms with van der Waals surface area (Å²) in [6.45, 7) is 7.23. The number of aryl methyl sites for hydroxylation is 1. The highest BCUT2D eigenvalue weighted by molar-refractivity contribution is 9.10. The molecule has 1 saturated heterocycles. The standard InChI is InChI=1S/C16H24BrNO/c1-3-8-18-16(13-5-4-9-19-11-13)14-10-12(2)6-7-15(14)17/h6-7,10,13,16,18H,3-5,8-9,11H2,1-2H3. The summed E-state index contributed by atoms with van der Waals surface area (Å²) in [4.78, 5) is 0. The fourth-order valence-corrected chi connectivity index (χ4v) is 3.25. The molecule has 1 aliphatic rings. The van der Waals surface area contributed by atoms with Crippen molar-refractivity contribution in [3.8, 4) is 0 Å². The number of nitrogens with one attached hydrogen (secondary N) is 1. The average Bonchev–Trinajstić information content (AvgIpc) is 2.44. The Morgan fingerprint density at radius 2 is 2.32 bits per heavy atom. The van der Waals surface area contributed by atoms with Crippen LogP contribution in [0.1, 0.15) is 43.4 Å². The normalized spacial score (nSPS) is 21.3. The van der Waals surface area contributed by atoms with Crippen molar-refractivity contribution >= 4 is 15.9 Å². The van der Waals surface area contributed by atoms with Crippen LogP contribution in [0, 0.1) is 12.8 Å². The number of ether oxygens (including phenoxy) is 1. The van der Waals surface area contributed by atoms with Gasteiger partial charge in [0.1, 0.15) is 0 Å². The Bertz CT molecular complexity index is 402. The first-order valence-corrected chi connectivity index (χ1v) is 8.09. The van der Waals surface area contributed by atoms with Crippen LogP contribution < -0.4 is 5.32 Å². The maximum Gasteiger partial charge on any atom is 0.0512 e. The van der Waals surface area contributed by atoms with Crippen LogP contribution in [0.4, 0.5) is 0 Å². The van der Waals surface area contributed by atoms with Crippen molar-refractivity contribution in [1.29, 1.82) is 0 Å². The summed E-state index contributed by atoms with van der Waals surface area (Å²) in [7, 11) is 0. The molecule has 2 atom stereocenters. The van der Waals surface area contributed by atoms with Gasteiger partial charge in [-0.2, -0.15) is 0 Å². The monoisotopic (exact) mass is 325 g/mol. The van der Waals surface area contributed by atoms with Gasteiger partial charge in [-0.25, -0.2) is 0 Å². The molecule has 0 bridgehead atoms. The fourth-order valence-electron chi connectivity index (χ4n) is 2.76. The molecular weight excluding hydrogens is 302 g/mol. The van der Waals surface area contributed by atoms with Gasteiger partial charge in [0.25, 0.3) is 0 Å². The van der Waals surface area contributed by atoms with E-state index in [0.29, 0.717) is 12.0 Å². The lowest BCUT2D eigenvalue weighted by molar-refractivity contribution is 0.0389. The zero-order valence-electron chi connectivity index (χ0n) is 11.9. The first-order valence-electron chi connectivity index (χ1n) is 7.29. The fraction of sp³-hybridized carbons (Fsp3) is 0.625. The minimum absolute atomic E-state index is 0.398. The van der Waals surface area contributed by atoms with E-state index >= 15 is 0 Å². The van der Waals surface area contributed by atoms with E-state index in [1.807, 2.05) is 0 Å². The smallest absolute Gasteiger partial charge is 0.0512 e. The molecule has 1 aromatic carbocycles. The molecule has 1 aromatic rings. The Kier molecular flexibility index (Phi) is 5.86. The summed E-state index contributed by atoms with van der Waals surface area (Å²) in [5, 5.41) is 3.71. The second-order valence-corrected chi connectivity index (χ2v) is 6.29. The lowest BCUT2D eigenvalue weighted by Gasteiger charge is -2.32. The Morgan fingerprint density at radius 3 is 3.00 bits per heavy atom. The number of halogens is 1. The van der Waals surface area contributed by atoms with E-state index in [9.17, 15) is 0 Å². The third kappa shape index (κ3) is 4.04. The van der Waals surface area contributed by atoms with Gasteiger partial charge >= 0.3 is 0 Å². The quantitative estimate of drug-likeness (QED) is 0.874. The molecule has 3 heteroatoms. The Hall–Kier alpha value is -0.380. The lowest BCUT2D eigenvalue weighted by atomic mass is 9.88. The van der Waals surface area contributed by atoms with E-state index < -0.39 is 0 Å². The van der Waals surface area contributed by atoms with Crippen LogP contribution in [-0.2, 0) is 4.74 Å². The van der Waals surface area contributed by atoms with Crippen LogP contribution in [-0.4, -0.2) is 19.8 Å². The molecule has 2 unspecified atom stereocenters. The highest BCUT2D eigenvalue weighted by atomic mass is 79.9. The molecule has 2 rings (SSSR count). The number of hydrogen-bond donors (Lipinski definition) is 1. The molecule has 0 amide bonds. The molecule has 1 aliphatic heterocycles. The van der Waals surface area contributed by atoms with E-state index in [1.165, 1.54) is 28.4 Å². The lowest BCUT2D eigenvalue weighted by Crippen LogP contribution is -2.34. The van der Waals surface area contributed by atoms with Gasteiger partial charge < -0.3 is 10.1 Å². The van der Waals surface area contributed by atoms with Crippen LogP contribution in [0.5, 0.6) is 0 Å². The summed E-state index contributed by atoms with van der Waals surface area (Å²) >= 11 is 3.71. The average molecular weight is 326 g/mol. The highest BCUT2D eigenvalue weighted by Crippen LogP contribution is 2.33. The topological polar surface area (TPSA) is 21.3 Å². The second kappa shape index (κ2) is 7.41. The van der Waals surface area contributed by atoms with Gasteiger partial charge in [0, 0.05) is 23.0 Å². The van der Waals surface area contributed by atoms with E-state index in [0.717, 1.165) is 26.2 Å². The van der Waals surface area contributed by atoms with E-state index in [1.54, 1.807) is 0 Å². The van der Waals surface area contributed by atoms with Crippen molar-refractivity contribution in [3.63, 3.8) is 0 Å². The first kappa shape index (κ1) is 15.0. The predicted molar refractivity (Wildman–Crippen MR) is 83.5 cm³/mol. The maximum atomic E-state index is 5.68. The van der Waals surface area contributed by atoms with Crippen LogP contribution in [0.3, 0.4) is 0 Å². The molecule has 2 nitrogen and oxygen atoms in total. The molecular formula is C16H24BrNO. The SMILES string of the molecule is CCCNC(c1cc(C)ccc1Br)C1CCCOC1. The van der Waals surface area contributed by atoms with Crippen molar-refractivity contribution in [1.82, 2.24) is 5.32 Å². The molecule has 0 saturated carbocycles. The van der Waals surface area contributed by atoms with Gasteiger partial charge in [0.2, 0.25) is 0 Å². The van der Waals surface area contributed by atoms with Gasteiger partial charge in [-0.05, 0) is 44.4 Å².